The van der Waals surface area contributed by atoms with E-state index in [1.165, 1.54) is 17.2 Å². The first-order valence-corrected chi connectivity index (χ1v) is 12.9. The third-order valence-electron chi connectivity index (χ3n) is 7.52. The molecule has 7 rings (SSSR count). The lowest BCUT2D eigenvalue weighted by Gasteiger charge is -2.54. The van der Waals surface area contributed by atoms with E-state index in [4.69, 9.17) is 9.47 Å². The van der Waals surface area contributed by atoms with Gasteiger partial charge in [0.2, 0.25) is 0 Å². The maximum absolute atomic E-state index is 15.0. The average molecular weight is 510 g/mol. The lowest BCUT2D eigenvalue weighted by atomic mass is 9.91. The minimum atomic E-state index is -1.37. The van der Waals surface area contributed by atoms with E-state index in [0.717, 1.165) is 16.0 Å². The van der Waals surface area contributed by atoms with Crippen LogP contribution in [0.25, 0.3) is 5.70 Å². The maximum Gasteiger partial charge on any atom is 0.277 e. The van der Waals surface area contributed by atoms with Crippen LogP contribution in [0.3, 0.4) is 0 Å². The number of ether oxygens (including phenoxy) is 2. The molecular formula is C26H24FN3O5S. The number of nitrogens with one attached hydrogen (secondary N) is 1. The molecule has 36 heavy (non-hydrogen) atoms. The van der Waals surface area contributed by atoms with Crippen LogP contribution in [-0.4, -0.2) is 70.3 Å². The molecule has 5 aliphatic rings. The van der Waals surface area contributed by atoms with E-state index >= 15 is 4.39 Å². The van der Waals surface area contributed by atoms with Crippen LogP contribution in [0.2, 0.25) is 0 Å². The number of fused-ring (bicyclic) bond motifs is 4. The first-order chi connectivity index (χ1) is 17.4. The summed E-state index contributed by atoms with van der Waals surface area (Å²) in [5.41, 5.74) is 6.42. The summed E-state index contributed by atoms with van der Waals surface area (Å²) >= 11 is 1.59. The number of aliphatic hydroxyl groups is 2. The van der Waals surface area contributed by atoms with Crippen LogP contribution < -0.4 is 5.43 Å². The SMILES string of the molecule is O=C1C2=C(O)C(O)C=C(c3ccc(F)c4c3Cc3ccccc3SC4)N2N[C@@H]2COC3(COC3)CN12. The molecule has 3 saturated heterocycles. The van der Waals surface area contributed by atoms with Gasteiger partial charge in [0.25, 0.3) is 5.91 Å². The highest BCUT2D eigenvalue weighted by Crippen LogP contribution is 2.42. The number of nitrogens with zero attached hydrogens (tertiary/aromatic N) is 2. The fraction of sp³-hybridized carbons (Fsp3) is 0.346. The number of thioether (sulfide) groups is 1. The minimum absolute atomic E-state index is 0.0324. The van der Waals surface area contributed by atoms with E-state index in [9.17, 15) is 15.0 Å². The molecule has 0 aromatic heterocycles. The van der Waals surface area contributed by atoms with Crippen molar-refractivity contribution in [3.8, 4) is 0 Å². The number of benzene rings is 2. The minimum Gasteiger partial charge on any atom is -0.507 e. The highest BCUT2D eigenvalue weighted by Gasteiger charge is 2.52. The Morgan fingerprint density at radius 3 is 2.81 bits per heavy atom. The summed E-state index contributed by atoms with van der Waals surface area (Å²) in [5, 5.41) is 23.1. The van der Waals surface area contributed by atoms with Gasteiger partial charge in [0.1, 0.15) is 23.7 Å². The molecule has 3 N–H and O–H groups in total. The van der Waals surface area contributed by atoms with Crippen molar-refractivity contribution >= 4 is 23.4 Å². The smallest absolute Gasteiger partial charge is 0.277 e. The average Bonchev–Trinajstić information content (AvgIpc) is 3.06. The zero-order valence-corrected chi connectivity index (χ0v) is 20.1. The Balaban J connectivity index is 1.31. The Bertz CT molecular complexity index is 1360. The molecule has 0 bridgehead atoms. The summed E-state index contributed by atoms with van der Waals surface area (Å²) in [6, 6.07) is 11.1. The van der Waals surface area contributed by atoms with Crippen LogP contribution in [0, 0.1) is 5.82 Å². The summed E-state index contributed by atoms with van der Waals surface area (Å²) in [5.74, 6) is -0.637. The van der Waals surface area contributed by atoms with Crippen molar-refractivity contribution in [1.29, 1.82) is 0 Å². The first kappa shape index (κ1) is 22.3. The molecule has 1 unspecified atom stereocenters. The molecule has 5 aliphatic heterocycles. The van der Waals surface area contributed by atoms with Crippen LogP contribution in [0.4, 0.5) is 4.39 Å². The van der Waals surface area contributed by atoms with Crippen LogP contribution in [-0.2, 0) is 26.4 Å². The summed E-state index contributed by atoms with van der Waals surface area (Å²) in [4.78, 5) is 16.4. The molecule has 5 heterocycles. The molecule has 2 aromatic carbocycles. The van der Waals surface area contributed by atoms with Crippen molar-refractivity contribution in [2.75, 3.05) is 26.4 Å². The monoisotopic (exact) mass is 509 g/mol. The lowest BCUT2D eigenvalue weighted by Crippen LogP contribution is -2.73. The van der Waals surface area contributed by atoms with Crippen molar-refractivity contribution < 1.29 is 28.9 Å². The molecule has 2 aromatic rings. The van der Waals surface area contributed by atoms with E-state index in [-0.39, 0.29) is 18.1 Å². The van der Waals surface area contributed by atoms with Gasteiger partial charge in [0.15, 0.2) is 11.5 Å². The Morgan fingerprint density at radius 1 is 1.17 bits per heavy atom. The molecule has 1 amide bonds. The maximum atomic E-state index is 15.0. The van der Waals surface area contributed by atoms with Gasteiger partial charge >= 0.3 is 0 Å². The lowest BCUT2D eigenvalue weighted by molar-refractivity contribution is -0.254. The van der Waals surface area contributed by atoms with E-state index in [0.29, 0.717) is 48.8 Å². The highest BCUT2D eigenvalue weighted by molar-refractivity contribution is 7.98. The van der Waals surface area contributed by atoms with E-state index in [2.05, 4.69) is 5.43 Å². The van der Waals surface area contributed by atoms with Gasteiger partial charge in [-0.3, -0.25) is 9.80 Å². The third kappa shape index (κ3) is 3.25. The van der Waals surface area contributed by atoms with Crippen molar-refractivity contribution in [2.24, 2.45) is 0 Å². The number of morpholine rings is 1. The molecule has 3 fully saturated rings. The van der Waals surface area contributed by atoms with Crippen molar-refractivity contribution in [1.82, 2.24) is 15.3 Å². The predicted octanol–water partition coefficient (Wildman–Crippen LogP) is 2.28. The van der Waals surface area contributed by atoms with Gasteiger partial charge in [-0.1, -0.05) is 18.2 Å². The zero-order chi connectivity index (χ0) is 24.6. The van der Waals surface area contributed by atoms with E-state index < -0.39 is 29.5 Å². The zero-order valence-electron chi connectivity index (χ0n) is 19.2. The van der Waals surface area contributed by atoms with Gasteiger partial charge in [0.05, 0.1) is 32.1 Å². The molecule has 0 radical (unpaired) electrons. The van der Waals surface area contributed by atoms with Gasteiger partial charge in [-0.05, 0) is 41.8 Å². The summed E-state index contributed by atoms with van der Waals surface area (Å²) in [7, 11) is 0. The van der Waals surface area contributed by atoms with Crippen LogP contribution in [0.1, 0.15) is 22.3 Å². The van der Waals surface area contributed by atoms with Gasteiger partial charge in [0, 0.05) is 21.8 Å². The first-order valence-electron chi connectivity index (χ1n) is 11.9. The number of amides is 1. The highest BCUT2D eigenvalue weighted by atomic mass is 32.2. The third-order valence-corrected chi connectivity index (χ3v) is 8.66. The second-order valence-corrected chi connectivity index (χ2v) is 10.8. The van der Waals surface area contributed by atoms with Gasteiger partial charge < -0.3 is 24.6 Å². The molecule has 2 atom stereocenters. The molecule has 0 saturated carbocycles. The van der Waals surface area contributed by atoms with Crippen molar-refractivity contribution in [2.45, 2.75) is 34.9 Å². The molecular weight excluding hydrogens is 485 g/mol. The number of carbonyl (C=O) groups is 1. The Kier molecular flexibility index (Phi) is 4.99. The second kappa shape index (κ2) is 8.06. The normalized spacial score (nSPS) is 26.4. The molecule has 8 nitrogen and oxygen atoms in total. The van der Waals surface area contributed by atoms with Crippen LogP contribution >= 0.6 is 11.8 Å². The number of hydrogen-bond donors (Lipinski definition) is 3. The molecule has 186 valence electrons. The number of hydrogen-bond acceptors (Lipinski definition) is 8. The van der Waals surface area contributed by atoms with Gasteiger partial charge in [-0.2, -0.15) is 0 Å². The van der Waals surface area contributed by atoms with E-state index in [1.54, 1.807) is 22.7 Å². The number of rotatable bonds is 1. The Labute approximate surface area is 210 Å². The predicted molar refractivity (Wildman–Crippen MR) is 129 cm³/mol. The fourth-order valence-corrected chi connectivity index (χ4v) is 6.66. The quantitative estimate of drug-likeness (QED) is 0.539. The second-order valence-electron chi connectivity index (χ2n) is 9.76. The summed E-state index contributed by atoms with van der Waals surface area (Å²) in [6.45, 7) is 1.39. The standard InChI is InChI=1S/C26H24FN3O5S/c27-18-6-5-15(16-7-14-3-1-2-4-21(14)36-10-17(16)18)19-8-20(31)24(32)23-25(33)29-11-26(12-34-13-26)35-9-22(29)28-30(19)23/h1-6,8,20,22,28,31-32H,7,9-13H2/t20?,22-/m0/s1. The number of aliphatic hydroxyl groups excluding tert-OH is 2. The fourth-order valence-electron chi connectivity index (χ4n) is 5.54. The molecule has 10 heteroatoms. The number of hydrazine groups is 1. The largest absolute Gasteiger partial charge is 0.507 e. The van der Waals surface area contributed by atoms with Gasteiger partial charge in [-0.25, -0.2) is 9.82 Å². The molecule has 0 aliphatic carbocycles. The Morgan fingerprint density at radius 2 is 2.00 bits per heavy atom. The van der Waals surface area contributed by atoms with Gasteiger partial charge in [-0.15, -0.1) is 11.8 Å². The summed E-state index contributed by atoms with van der Waals surface area (Å²) in [6.07, 6.45) is 0.169. The molecule has 1 spiro atoms. The number of carbonyl (C=O) groups excluding carboxylic acids is 1. The number of halogens is 1. The van der Waals surface area contributed by atoms with E-state index in [1.807, 2.05) is 24.3 Å². The van der Waals surface area contributed by atoms with Crippen LogP contribution in [0.5, 0.6) is 0 Å². The van der Waals surface area contributed by atoms with Crippen LogP contribution in [0.15, 0.2) is 58.8 Å². The van der Waals surface area contributed by atoms with Crippen molar-refractivity contribution in [3.05, 3.63) is 82.0 Å². The Hall–Kier alpha value is -2.89. The topological polar surface area (TPSA) is 94.5 Å². The summed E-state index contributed by atoms with van der Waals surface area (Å²) < 4.78 is 26.4. The van der Waals surface area contributed by atoms with Crippen molar-refractivity contribution in [3.63, 3.8) is 0 Å².